The summed E-state index contributed by atoms with van der Waals surface area (Å²) in [6.45, 7) is 2.13. The average Bonchev–Trinajstić information content (AvgIpc) is 2.81. The molecule has 0 spiro atoms. The van der Waals surface area contributed by atoms with Gasteiger partial charge in [-0.05, 0) is 50.6 Å². The van der Waals surface area contributed by atoms with Crippen molar-refractivity contribution in [1.82, 2.24) is 5.32 Å². The molecule has 2 saturated carbocycles. The summed E-state index contributed by atoms with van der Waals surface area (Å²) in [7, 11) is 0. The number of nitrogens with two attached hydrogens (primary N) is 1. The minimum absolute atomic E-state index is 0.746. The van der Waals surface area contributed by atoms with Crippen molar-refractivity contribution in [3.8, 4) is 0 Å². The van der Waals surface area contributed by atoms with E-state index in [0.717, 1.165) is 24.4 Å². The Bertz CT molecular complexity index is 143. The molecule has 0 saturated heterocycles. The van der Waals surface area contributed by atoms with E-state index in [1.54, 1.807) is 0 Å². The van der Waals surface area contributed by atoms with E-state index in [9.17, 15) is 0 Å². The molecule has 0 bridgehead atoms. The number of rotatable bonds is 4. The van der Waals surface area contributed by atoms with Crippen LogP contribution in [0.5, 0.6) is 0 Å². The van der Waals surface area contributed by atoms with E-state index in [4.69, 9.17) is 5.73 Å². The highest BCUT2D eigenvalue weighted by Crippen LogP contribution is 2.30. The third kappa shape index (κ3) is 1.99. The van der Waals surface area contributed by atoms with E-state index in [0.29, 0.717) is 0 Å². The van der Waals surface area contributed by atoms with E-state index in [2.05, 4.69) is 5.32 Å². The van der Waals surface area contributed by atoms with Crippen LogP contribution in [0.1, 0.15) is 32.1 Å². The van der Waals surface area contributed by atoms with Crippen LogP contribution < -0.4 is 11.1 Å². The highest BCUT2D eigenvalue weighted by Gasteiger charge is 2.28. The largest absolute Gasteiger partial charge is 0.330 e. The van der Waals surface area contributed by atoms with Gasteiger partial charge >= 0.3 is 0 Å². The van der Waals surface area contributed by atoms with E-state index in [1.807, 2.05) is 0 Å². The second-order valence-electron chi connectivity index (χ2n) is 4.38. The van der Waals surface area contributed by atoms with E-state index < -0.39 is 0 Å². The first kappa shape index (κ1) is 8.52. The normalized spacial score (nSPS) is 35.8. The van der Waals surface area contributed by atoms with Crippen molar-refractivity contribution >= 4 is 0 Å². The minimum atomic E-state index is 0.746. The van der Waals surface area contributed by atoms with Gasteiger partial charge in [-0.1, -0.05) is 6.42 Å². The fourth-order valence-electron chi connectivity index (χ4n) is 2.23. The second kappa shape index (κ2) is 3.75. The van der Waals surface area contributed by atoms with Gasteiger partial charge in [-0.3, -0.25) is 0 Å². The fourth-order valence-corrected chi connectivity index (χ4v) is 2.23. The molecule has 2 rings (SSSR count). The van der Waals surface area contributed by atoms with Crippen LogP contribution in [-0.4, -0.2) is 19.1 Å². The summed E-state index contributed by atoms with van der Waals surface area (Å²) in [5.74, 6) is 1.77. The van der Waals surface area contributed by atoms with Crippen molar-refractivity contribution in [2.45, 2.75) is 38.1 Å². The molecule has 0 amide bonds. The molecule has 2 heteroatoms. The predicted molar refractivity (Wildman–Crippen MR) is 50.9 cm³/mol. The van der Waals surface area contributed by atoms with Gasteiger partial charge in [0.15, 0.2) is 0 Å². The summed E-state index contributed by atoms with van der Waals surface area (Å²) in [5, 5.41) is 3.66. The van der Waals surface area contributed by atoms with Gasteiger partial charge in [0.05, 0.1) is 0 Å². The Labute approximate surface area is 74.9 Å². The summed E-state index contributed by atoms with van der Waals surface area (Å²) in [6, 6.07) is 0.746. The number of hydrogen-bond acceptors (Lipinski definition) is 2. The Morgan fingerprint density at radius 1 is 1.17 bits per heavy atom. The minimum Gasteiger partial charge on any atom is -0.330 e. The average molecular weight is 168 g/mol. The Kier molecular flexibility index (Phi) is 2.66. The molecule has 2 atom stereocenters. The predicted octanol–water partition coefficient (Wildman–Crippen LogP) is 1.11. The summed E-state index contributed by atoms with van der Waals surface area (Å²) in [5.41, 5.74) is 5.71. The molecule has 0 aliphatic heterocycles. The van der Waals surface area contributed by atoms with Crippen LogP contribution in [0.15, 0.2) is 0 Å². The Hall–Kier alpha value is -0.0800. The van der Waals surface area contributed by atoms with Gasteiger partial charge in [0.25, 0.3) is 0 Å². The molecule has 12 heavy (non-hydrogen) atoms. The molecule has 2 aliphatic carbocycles. The molecule has 70 valence electrons. The van der Waals surface area contributed by atoms with Crippen LogP contribution in [0, 0.1) is 11.8 Å². The van der Waals surface area contributed by atoms with Gasteiger partial charge < -0.3 is 11.1 Å². The van der Waals surface area contributed by atoms with E-state index >= 15 is 0 Å². The van der Waals surface area contributed by atoms with Crippen LogP contribution in [0.2, 0.25) is 0 Å². The first-order valence-electron chi connectivity index (χ1n) is 5.33. The molecule has 0 heterocycles. The zero-order valence-electron chi connectivity index (χ0n) is 7.76. The van der Waals surface area contributed by atoms with Crippen molar-refractivity contribution in [2.24, 2.45) is 17.6 Å². The lowest BCUT2D eigenvalue weighted by Gasteiger charge is -2.19. The standard InChI is InChI=1S/C10H20N2/c11-6-9-2-1-3-10(9)12-7-8-4-5-8/h8-10,12H,1-7,11H2. The fraction of sp³-hybridized carbons (Fsp3) is 1.00. The maximum Gasteiger partial charge on any atom is 0.0107 e. The molecule has 3 N–H and O–H groups in total. The topological polar surface area (TPSA) is 38.0 Å². The Morgan fingerprint density at radius 3 is 2.67 bits per heavy atom. The molecule has 2 unspecified atom stereocenters. The van der Waals surface area contributed by atoms with Gasteiger partial charge in [0.2, 0.25) is 0 Å². The molecular weight excluding hydrogens is 148 g/mol. The van der Waals surface area contributed by atoms with E-state index in [1.165, 1.54) is 38.6 Å². The monoisotopic (exact) mass is 168 g/mol. The zero-order chi connectivity index (χ0) is 8.39. The molecule has 2 nitrogen and oxygen atoms in total. The van der Waals surface area contributed by atoms with Crippen molar-refractivity contribution in [3.63, 3.8) is 0 Å². The molecule has 2 aliphatic rings. The first-order chi connectivity index (χ1) is 5.90. The van der Waals surface area contributed by atoms with Gasteiger partial charge in [-0.25, -0.2) is 0 Å². The summed E-state index contributed by atoms with van der Waals surface area (Å²) in [4.78, 5) is 0. The van der Waals surface area contributed by atoms with Gasteiger partial charge in [0.1, 0.15) is 0 Å². The molecule has 0 radical (unpaired) electrons. The molecule has 0 aromatic heterocycles. The second-order valence-corrected chi connectivity index (χ2v) is 4.38. The summed E-state index contributed by atoms with van der Waals surface area (Å²) >= 11 is 0. The molecule has 2 fully saturated rings. The SMILES string of the molecule is NCC1CCCC1NCC1CC1. The lowest BCUT2D eigenvalue weighted by Crippen LogP contribution is -2.37. The lowest BCUT2D eigenvalue weighted by molar-refractivity contribution is 0.401. The van der Waals surface area contributed by atoms with Crippen molar-refractivity contribution < 1.29 is 0 Å². The quantitative estimate of drug-likeness (QED) is 0.660. The Morgan fingerprint density at radius 2 is 2.00 bits per heavy atom. The molecule has 0 aromatic carbocycles. The third-order valence-electron chi connectivity index (χ3n) is 3.33. The van der Waals surface area contributed by atoms with Crippen LogP contribution in [0.25, 0.3) is 0 Å². The number of nitrogens with one attached hydrogen (secondary N) is 1. The summed E-state index contributed by atoms with van der Waals surface area (Å²) in [6.07, 6.45) is 6.98. The summed E-state index contributed by atoms with van der Waals surface area (Å²) < 4.78 is 0. The highest BCUT2D eigenvalue weighted by atomic mass is 14.9. The van der Waals surface area contributed by atoms with Gasteiger partial charge in [-0.15, -0.1) is 0 Å². The van der Waals surface area contributed by atoms with Gasteiger partial charge in [0, 0.05) is 6.04 Å². The molecular formula is C10H20N2. The maximum absolute atomic E-state index is 5.71. The van der Waals surface area contributed by atoms with Crippen molar-refractivity contribution in [1.29, 1.82) is 0 Å². The van der Waals surface area contributed by atoms with Crippen molar-refractivity contribution in [3.05, 3.63) is 0 Å². The van der Waals surface area contributed by atoms with Gasteiger partial charge in [-0.2, -0.15) is 0 Å². The zero-order valence-corrected chi connectivity index (χ0v) is 7.76. The number of hydrogen-bond donors (Lipinski definition) is 2. The van der Waals surface area contributed by atoms with Crippen LogP contribution >= 0.6 is 0 Å². The van der Waals surface area contributed by atoms with Crippen LogP contribution in [0.4, 0.5) is 0 Å². The first-order valence-corrected chi connectivity index (χ1v) is 5.33. The van der Waals surface area contributed by atoms with E-state index in [-0.39, 0.29) is 0 Å². The smallest absolute Gasteiger partial charge is 0.0107 e. The highest BCUT2D eigenvalue weighted by molar-refractivity contribution is 4.86. The van der Waals surface area contributed by atoms with Crippen LogP contribution in [0.3, 0.4) is 0 Å². The Balaban J connectivity index is 1.69. The van der Waals surface area contributed by atoms with Crippen molar-refractivity contribution in [2.75, 3.05) is 13.1 Å². The maximum atomic E-state index is 5.71. The lowest BCUT2D eigenvalue weighted by atomic mass is 10.0. The third-order valence-corrected chi connectivity index (χ3v) is 3.33. The van der Waals surface area contributed by atoms with Crippen LogP contribution in [-0.2, 0) is 0 Å². The molecule has 0 aromatic rings.